The van der Waals surface area contributed by atoms with E-state index >= 15 is 0 Å². The predicted octanol–water partition coefficient (Wildman–Crippen LogP) is 2.81. The molecule has 1 atom stereocenters. The second-order valence-corrected chi connectivity index (χ2v) is 7.44. The Hall–Kier alpha value is -1.26. The highest BCUT2D eigenvalue weighted by Crippen LogP contribution is 2.37. The number of carbonyl (C=O) groups is 2. The van der Waals surface area contributed by atoms with Crippen LogP contribution in [0.1, 0.15) is 52.9 Å². The average molecular weight is 296 g/mol. The van der Waals surface area contributed by atoms with Crippen molar-refractivity contribution in [3.63, 3.8) is 0 Å². The third-order valence-corrected chi connectivity index (χ3v) is 5.19. The molecule has 2 aliphatic heterocycles. The Morgan fingerprint density at radius 3 is 2.14 bits per heavy atom. The Labute approximate surface area is 127 Å². The Kier molecular flexibility index (Phi) is 4.49. The normalized spacial score (nSPS) is 28.7. The first-order valence-electron chi connectivity index (χ1n) is 8.07. The van der Waals surface area contributed by atoms with Crippen LogP contribution < -0.4 is 0 Å². The number of carboxylic acids is 1. The highest BCUT2D eigenvalue weighted by molar-refractivity contribution is 5.80. The Balaban J connectivity index is 1.97. The number of hydrogen-bond acceptors (Lipinski definition) is 2. The summed E-state index contributed by atoms with van der Waals surface area (Å²) in [6.07, 6.45) is 4.11. The van der Waals surface area contributed by atoms with Crippen LogP contribution in [0.2, 0.25) is 0 Å². The summed E-state index contributed by atoms with van der Waals surface area (Å²) in [5.74, 6) is -0.751. The first-order chi connectivity index (χ1) is 9.80. The number of rotatable bonds is 3. The zero-order valence-corrected chi connectivity index (χ0v) is 13.5. The van der Waals surface area contributed by atoms with Crippen molar-refractivity contribution in [1.29, 1.82) is 0 Å². The van der Waals surface area contributed by atoms with Gasteiger partial charge in [0.2, 0.25) is 0 Å². The number of amides is 2. The van der Waals surface area contributed by atoms with E-state index in [1.807, 2.05) is 11.8 Å². The summed E-state index contributed by atoms with van der Waals surface area (Å²) in [5, 5.41) is 9.52. The lowest BCUT2D eigenvalue weighted by molar-refractivity contribution is -0.148. The van der Waals surface area contributed by atoms with Crippen LogP contribution in [0, 0.1) is 10.8 Å². The summed E-state index contributed by atoms with van der Waals surface area (Å²) in [7, 11) is 0. The number of hydrogen-bond donors (Lipinski definition) is 1. The van der Waals surface area contributed by atoms with Gasteiger partial charge in [0.15, 0.2) is 0 Å². The molecule has 0 spiro atoms. The monoisotopic (exact) mass is 296 g/mol. The molecule has 2 fully saturated rings. The van der Waals surface area contributed by atoms with Gasteiger partial charge in [0, 0.05) is 26.2 Å². The number of carboxylic acid groups (broad SMARTS) is 1. The molecule has 0 aromatic heterocycles. The van der Waals surface area contributed by atoms with Gasteiger partial charge in [-0.3, -0.25) is 4.79 Å². The van der Waals surface area contributed by atoms with E-state index in [1.54, 1.807) is 4.90 Å². The van der Waals surface area contributed by atoms with Crippen molar-refractivity contribution in [3.05, 3.63) is 0 Å². The minimum atomic E-state index is -0.751. The van der Waals surface area contributed by atoms with Crippen molar-refractivity contribution in [2.24, 2.45) is 10.8 Å². The van der Waals surface area contributed by atoms with E-state index < -0.39 is 11.4 Å². The predicted molar refractivity (Wildman–Crippen MR) is 81.2 cm³/mol. The van der Waals surface area contributed by atoms with Gasteiger partial charge in [-0.1, -0.05) is 27.2 Å². The maximum atomic E-state index is 12.6. The van der Waals surface area contributed by atoms with Crippen molar-refractivity contribution in [3.8, 4) is 0 Å². The minimum Gasteiger partial charge on any atom is -0.481 e. The summed E-state index contributed by atoms with van der Waals surface area (Å²) in [5.41, 5.74) is -0.408. The molecule has 1 N–H and O–H groups in total. The lowest BCUT2D eigenvalue weighted by Gasteiger charge is -2.38. The zero-order valence-electron chi connectivity index (χ0n) is 13.5. The minimum absolute atomic E-state index is 0.0322. The molecule has 0 bridgehead atoms. The topological polar surface area (TPSA) is 60.9 Å². The van der Waals surface area contributed by atoms with Crippen LogP contribution in [-0.4, -0.2) is 53.1 Å². The quantitative estimate of drug-likeness (QED) is 0.871. The molecule has 5 heteroatoms. The molecule has 0 aromatic carbocycles. The van der Waals surface area contributed by atoms with Gasteiger partial charge in [-0.25, -0.2) is 4.79 Å². The Bertz CT molecular complexity index is 412. The average Bonchev–Trinajstić information content (AvgIpc) is 2.84. The van der Waals surface area contributed by atoms with Gasteiger partial charge in [0.25, 0.3) is 0 Å². The van der Waals surface area contributed by atoms with Crippen molar-refractivity contribution < 1.29 is 14.7 Å². The molecule has 1 unspecified atom stereocenters. The van der Waals surface area contributed by atoms with Crippen LogP contribution in [0.15, 0.2) is 0 Å². The SMILES string of the molecule is CCCC1(C(=O)O)CCN(C(=O)N2CCC(C)(C)CC2)C1. The molecule has 0 radical (unpaired) electrons. The van der Waals surface area contributed by atoms with Crippen LogP contribution in [0.3, 0.4) is 0 Å². The third-order valence-electron chi connectivity index (χ3n) is 5.19. The van der Waals surface area contributed by atoms with Gasteiger partial charge in [-0.2, -0.15) is 0 Å². The van der Waals surface area contributed by atoms with Gasteiger partial charge in [0.1, 0.15) is 0 Å². The van der Waals surface area contributed by atoms with Gasteiger partial charge >= 0.3 is 12.0 Å². The van der Waals surface area contributed by atoms with E-state index in [0.29, 0.717) is 31.3 Å². The largest absolute Gasteiger partial charge is 0.481 e. The summed E-state index contributed by atoms with van der Waals surface area (Å²) in [6, 6.07) is 0.0322. The van der Waals surface area contributed by atoms with E-state index in [-0.39, 0.29) is 6.03 Å². The van der Waals surface area contributed by atoms with Crippen molar-refractivity contribution in [2.75, 3.05) is 26.2 Å². The van der Waals surface area contributed by atoms with Gasteiger partial charge < -0.3 is 14.9 Å². The van der Waals surface area contributed by atoms with E-state index in [1.165, 1.54) is 0 Å². The van der Waals surface area contributed by atoms with E-state index in [2.05, 4.69) is 13.8 Å². The highest BCUT2D eigenvalue weighted by Gasteiger charge is 2.46. The highest BCUT2D eigenvalue weighted by atomic mass is 16.4. The third kappa shape index (κ3) is 3.33. The lowest BCUT2D eigenvalue weighted by Crippen LogP contribution is -2.48. The van der Waals surface area contributed by atoms with Crippen molar-refractivity contribution in [1.82, 2.24) is 9.80 Å². The van der Waals surface area contributed by atoms with E-state index in [4.69, 9.17) is 0 Å². The fourth-order valence-electron chi connectivity index (χ4n) is 3.50. The fourth-order valence-corrected chi connectivity index (χ4v) is 3.50. The molecule has 0 saturated carbocycles. The van der Waals surface area contributed by atoms with E-state index in [9.17, 15) is 14.7 Å². The molecule has 5 nitrogen and oxygen atoms in total. The summed E-state index contributed by atoms with van der Waals surface area (Å²) in [4.78, 5) is 27.8. The van der Waals surface area contributed by atoms with Crippen LogP contribution in [0.5, 0.6) is 0 Å². The molecule has 2 heterocycles. The number of carbonyl (C=O) groups excluding carboxylic acids is 1. The fraction of sp³-hybridized carbons (Fsp3) is 0.875. The molecule has 2 saturated heterocycles. The second kappa shape index (κ2) is 5.85. The maximum absolute atomic E-state index is 12.6. The second-order valence-electron chi connectivity index (χ2n) is 7.44. The van der Waals surface area contributed by atoms with Crippen molar-refractivity contribution >= 4 is 12.0 Å². The zero-order chi connectivity index (χ0) is 15.7. The molecule has 120 valence electrons. The molecule has 0 aromatic rings. The van der Waals surface area contributed by atoms with Crippen LogP contribution in [0.25, 0.3) is 0 Å². The standard InChI is InChI=1S/C16H28N2O3/c1-4-5-16(13(19)20)8-11-18(12-16)14(21)17-9-6-15(2,3)7-10-17/h4-12H2,1-3H3,(H,19,20). The van der Waals surface area contributed by atoms with Crippen molar-refractivity contribution in [2.45, 2.75) is 52.9 Å². The van der Waals surface area contributed by atoms with Crippen LogP contribution in [0.4, 0.5) is 4.79 Å². The maximum Gasteiger partial charge on any atom is 0.320 e. The first kappa shape index (κ1) is 16.1. The lowest BCUT2D eigenvalue weighted by atomic mass is 9.82. The number of likely N-dealkylation sites (tertiary alicyclic amines) is 2. The summed E-state index contributed by atoms with van der Waals surface area (Å²) in [6.45, 7) is 9.00. The first-order valence-corrected chi connectivity index (χ1v) is 8.07. The number of aliphatic carboxylic acids is 1. The molecular formula is C16H28N2O3. The van der Waals surface area contributed by atoms with Gasteiger partial charge in [-0.15, -0.1) is 0 Å². The van der Waals surface area contributed by atoms with Crippen LogP contribution >= 0.6 is 0 Å². The van der Waals surface area contributed by atoms with Crippen LogP contribution in [-0.2, 0) is 4.79 Å². The van der Waals surface area contributed by atoms with E-state index in [0.717, 1.165) is 32.4 Å². The molecule has 2 aliphatic rings. The summed E-state index contributed by atoms with van der Waals surface area (Å²) >= 11 is 0. The molecule has 0 aliphatic carbocycles. The molecule has 2 rings (SSSR count). The van der Waals surface area contributed by atoms with Gasteiger partial charge in [-0.05, 0) is 31.1 Å². The molecule has 2 amide bonds. The smallest absolute Gasteiger partial charge is 0.320 e. The van der Waals surface area contributed by atoms with Gasteiger partial charge in [0.05, 0.1) is 5.41 Å². The number of nitrogens with zero attached hydrogens (tertiary/aromatic N) is 2. The number of piperidine rings is 1. The molecular weight excluding hydrogens is 268 g/mol. The Morgan fingerprint density at radius 1 is 1.05 bits per heavy atom. The number of urea groups is 1. The summed E-state index contributed by atoms with van der Waals surface area (Å²) < 4.78 is 0. The Morgan fingerprint density at radius 2 is 1.62 bits per heavy atom. The molecule has 21 heavy (non-hydrogen) atoms.